The Morgan fingerprint density at radius 3 is 2.52 bits per heavy atom. The predicted molar refractivity (Wildman–Crippen MR) is 95.6 cm³/mol. The third-order valence-electron chi connectivity index (χ3n) is 3.57. The Morgan fingerprint density at radius 2 is 1.83 bits per heavy atom. The second kappa shape index (κ2) is 6.04. The molecule has 0 aliphatic heterocycles. The van der Waals surface area contributed by atoms with Crippen LogP contribution in [0, 0.1) is 0 Å². The summed E-state index contributed by atoms with van der Waals surface area (Å²) in [5.74, 6) is 0.500. The maximum atomic E-state index is 11.7. The van der Waals surface area contributed by atoms with Crippen molar-refractivity contribution in [2.75, 3.05) is 11.9 Å². The van der Waals surface area contributed by atoms with Gasteiger partial charge in [-0.1, -0.05) is 34.8 Å². The standard InChI is InChI=1S/C16H12Cl3N3O/c1-8(23)22(2)15-4-3-9(17)5-10(15)16-20-13-6-11(18)12(19)7-14(13)21-16/h3-7H,1-2H3,(H,20,21). The van der Waals surface area contributed by atoms with Gasteiger partial charge in [0.2, 0.25) is 5.91 Å². The van der Waals surface area contributed by atoms with Crippen LogP contribution in [0.25, 0.3) is 22.4 Å². The molecule has 2 aromatic carbocycles. The fourth-order valence-electron chi connectivity index (χ4n) is 2.29. The topological polar surface area (TPSA) is 49.0 Å². The molecular weight excluding hydrogens is 357 g/mol. The van der Waals surface area contributed by atoms with Crippen LogP contribution in [-0.2, 0) is 4.79 Å². The minimum Gasteiger partial charge on any atom is -0.338 e. The average molecular weight is 369 g/mol. The van der Waals surface area contributed by atoms with Gasteiger partial charge in [0, 0.05) is 24.6 Å². The normalized spacial score (nSPS) is 11.0. The molecule has 1 heterocycles. The highest BCUT2D eigenvalue weighted by Crippen LogP contribution is 2.34. The Hall–Kier alpha value is -1.75. The molecular formula is C16H12Cl3N3O. The largest absolute Gasteiger partial charge is 0.338 e. The van der Waals surface area contributed by atoms with Gasteiger partial charge >= 0.3 is 0 Å². The van der Waals surface area contributed by atoms with E-state index in [2.05, 4.69) is 9.97 Å². The number of aromatic amines is 1. The number of rotatable bonds is 2. The monoisotopic (exact) mass is 367 g/mol. The maximum Gasteiger partial charge on any atom is 0.223 e. The lowest BCUT2D eigenvalue weighted by molar-refractivity contribution is -0.116. The first kappa shape index (κ1) is 16.1. The second-order valence-corrected chi connectivity index (χ2v) is 6.36. The van der Waals surface area contributed by atoms with E-state index in [4.69, 9.17) is 34.8 Å². The molecule has 3 aromatic rings. The van der Waals surface area contributed by atoms with Crippen LogP contribution in [0.3, 0.4) is 0 Å². The van der Waals surface area contributed by atoms with Crippen molar-refractivity contribution in [3.05, 3.63) is 45.4 Å². The summed E-state index contributed by atoms with van der Waals surface area (Å²) in [5, 5.41) is 1.43. The second-order valence-electron chi connectivity index (χ2n) is 5.11. The molecule has 0 fully saturated rings. The van der Waals surface area contributed by atoms with Crippen LogP contribution in [0.4, 0.5) is 5.69 Å². The minimum absolute atomic E-state index is 0.0872. The lowest BCUT2D eigenvalue weighted by Gasteiger charge is -2.18. The van der Waals surface area contributed by atoms with Gasteiger partial charge in [0.25, 0.3) is 0 Å². The van der Waals surface area contributed by atoms with Crippen LogP contribution >= 0.6 is 34.8 Å². The number of carbonyl (C=O) groups excluding carboxylic acids is 1. The number of aromatic nitrogens is 2. The highest BCUT2D eigenvalue weighted by molar-refractivity contribution is 6.42. The van der Waals surface area contributed by atoms with E-state index >= 15 is 0 Å². The summed E-state index contributed by atoms with van der Waals surface area (Å²) in [4.78, 5) is 21.0. The average Bonchev–Trinajstić information content (AvgIpc) is 2.89. The number of anilines is 1. The molecule has 1 amide bonds. The molecule has 4 nitrogen and oxygen atoms in total. The third-order valence-corrected chi connectivity index (χ3v) is 4.53. The molecule has 0 saturated carbocycles. The van der Waals surface area contributed by atoms with Crippen LogP contribution in [0.1, 0.15) is 6.92 Å². The molecule has 23 heavy (non-hydrogen) atoms. The van der Waals surface area contributed by atoms with Crippen molar-refractivity contribution < 1.29 is 4.79 Å². The van der Waals surface area contributed by atoms with E-state index < -0.39 is 0 Å². The number of nitrogens with one attached hydrogen (secondary N) is 1. The van der Waals surface area contributed by atoms with Crippen molar-refractivity contribution >= 4 is 57.4 Å². The molecule has 1 N–H and O–H groups in total. The van der Waals surface area contributed by atoms with Crippen molar-refractivity contribution in [2.24, 2.45) is 0 Å². The summed E-state index contributed by atoms with van der Waals surface area (Å²) in [7, 11) is 1.70. The Labute approximate surface area is 148 Å². The third kappa shape index (κ3) is 3.02. The molecule has 118 valence electrons. The van der Waals surface area contributed by atoms with Gasteiger partial charge in [-0.2, -0.15) is 0 Å². The van der Waals surface area contributed by atoms with E-state index in [0.717, 1.165) is 11.1 Å². The van der Waals surface area contributed by atoms with E-state index in [-0.39, 0.29) is 5.91 Å². The smallest absolute Gasteiger partial charge is 0.223 e. The van der Waals surface area contributed by atoms with Crippen LogP contribution in [0.5, 0.6) is 0 Å². The number of benzene rings is 2. The van der Waals surface area contributed by atoms with Crippen molar-refractivity contribution in [3.8, 4) is 11.4 Å². The van der Waals surface area contributed by atoms with Crippen molar-refractivity contribution in [1.29, 1.82) is 0 Å². The van der Waals surface area contributed by atoms with Gasteiger partial charge in [-0.3, -0.25) is 4.79 Å². The highest BCUT2D eigenvalue weighted by Gasteiger charge is 2.16. The SMILES string of the molecule is CC(=O)N(C)c1ccc(Cl)cc1-c1nc2cc(Cl)c(Cl)cc2[nH]1. The van der Waals surface area contributed by atoms with Gasteiger partial charge in [0.1, 0.15) is 5.82 Å². The molecule has 0 radical (unpaired) electrons. The van der Waals surface area contributed by atoms with Crippen LogP contribution in [-0.4, -0.2) is 22.9 Å². The quantitative estimate of drug-likeness (QED) is 0.678. The minimum atomic E-state index is -0.0872. The van der Waals surface area contributed by atoms with Gasteiger partial charge in [-0.25, -0.2) is 4.98 Å². The van der Waals surface area contributed by atoms with Crippen LogP contribution in [0.2, 0.25) is 15.1 Å². The molecule has 0 bridgehead atoms. The molecule has 0 spiro atoms. The number of amides is 1. The van der Waals surface area contributed by atoms with Gasteiger partial charge in [0.05, 0.1) is 26.8 Å². The molecule has 3 rings (SSSR count). The van der Waals surface area contributed by atoms with E-state index in [1.165, 1.54) is 6.92 Å². The first-order valence-corrected chi connectivity index (χ1v) is 7.89. The summed E-state index contributed by atoms with van der Waals surface area (Å²) >= 11 is 18.2. The van der Waals surface area contributed by atoms with Gasteiger partial charge in [-0.15, -0.1) is 0 Å². The lowest BCUT2D eigenvalue weighted by Crippen LogP contribution is -2.23. The zero-order chi connectivity index (χ0) is 16.7. The number of carbonyl (C=O) groups is 1. The fourth-order valence-corrected chi connectivity index (χ4v) is 2.79. The molecule has 0 aliphatic rings. The Bertz CT molecular complexity index is 881. The van der Waals surface area contributed by atoms with E-state index in [1.807, 2.05) is 0 Å². The number of halogens is 3. The molecule has 0 saturated heterocycles. The Kier molecular flexibility index (Phi) is 4.23. The van der Waals surface area contributed by atoms with Crippen LogP contribution < -0.4 is 4.90 Å². The molecule has 7 heteroatoms. The number of imidazole rings is 1. The Morgan fingerprint density at radius 1 is 1.13 bits per heavy atom. The molecule has 1 aromatic heterocycles. The molecule has 0 aliphatic carbocycles. The summed E-state index contributed by atoms with van der Waals surface area (Å²) in [6.45, 7) is 1.50. The van der Waals surface area contributed by atoms with Crippen molar-refractivity contribution in [3.63, 3.8) is 0 Å². The summed E-state index contributed by atoms with van der Waals surface area (Å²) in [6, 6.07) is 8.69. The summed E-state index contributed by atoms with van der Waals surface area (Å²) in [6.07, 6.45) is 0. The van der Waals surface area contributed by atoms with Crippen LogP contribution in [0.15, 0.2) is 30.3 Å². The first-order chi connectivity index (χ1) is 10.9. The number of H-pyrrole nitrogens is 1. The highest BCUT2D eigenvalue weighted by atomic mass is 35.5. The van der Waals surface area contributed by atoms with E-state index in [9.17, 15) is 4.79 Å². The van der Waals surface area contributed by atoms with E-state index in [0.29, 0.717) is 32.1 Å². The number of nitrogens with zero attached hydrogens (tertiary/aromatic N) is 2. The predicted octanol–water partition coefficient (Wildman–Crippen LogP) is 5.17. The van der Waals surface area contributed by atoms with Crippen molar-refractivity contribution in [1.82, 2.24) is 9.97 Å². The number of hydrogen-bond acceptors (Lipinski definition) is 2. The molecule has 0 unspecified atom stereocenters. The van der Waals surface area contributed by atoms with E-state index in [1.54, 1.807) is 42.3 Å². The Balaban J connectivity index is 2.21. The zero-order valence-electron chi connectivity index (χ0n) is 12.3. The van der Waals surface area contributed by atoms with Gasteiger partial charge < -0.3 is 9.88 Å². The zero-order valence-corrected chi connectivity index (χ0v) is 14.6. The van der Waals surface area contributed by atoms with Crippen molar-refractivity contribution in [2.45, 2.75) is 6.92 Å². The van der Waals surface area contributed by atoms with Gasteiger partial charge in [-0.05, 0) is 30.3 Å². The summed E-state index contributed by atoms with van der Waals surface area (Å²) in [5.41, 5.74) is 2.87. The maximum absolute atomic E-state index is 11.7. The van der Waals surface area contributed by atoms with Gasteiger partial charge in [0.15, 0.2) is 0 Å². The number of fused-ring (bicyclic) bond motifs is 1. The number of hydrogen-bond donors (Lipinski definition) is 1. The summed E-state index contributed by atoms with van der Waals surface area (Å²) < 4.78 is 0. The fraction of sp³-hybridized carbons (Fsp3) is 0.125. The lowest BCUT2D eigenvalue weighted by atomic mass is 10.1. The first-order valence-electron chi connectivity index (χ1n) is 6.76. The molecule has 0 atom stereocenters.